The number of aromatic nitrogens is 1. The summed E-state index contributed by atoms with van der Waals surface area (Å²) in [6, 6.07) is 9.37. The molecule has 1 aliphatic heterocycles. The van der Waals surface area contributed by atoms with Crippen molar-refractivity contribution in [2.45, 2.75) is 6.92 Å². The van der Waals surface area contributed by atoms with Crippen molar-refractivity contribution in [2.75, 3.05) is 39.8 Å². The topological polar surface area (TPSA) is 65.5 Å². The number of rotatable bonds is 3. The van der Waals surface area contributed by atoms with Crippen molar-refractivity contribution in [3.63, 3.8) is 0 Å². The molecule has 2 amide bonds. The van der Waals surface area contributed by atoms with Crippen LogP contribution in [0.4, 0.5) is 0 Å². The molecule has 1 fully saturated rings. The van der Waals surface area contributed by atoms with E-state index in [1.165, 1.54) is 4.90 Å². The standard InChI is InChI=1S/C18H22N4O2.2ClH/c1-13-11-15(14-5-3-4-6-16(14)20-13)18(24)21(2)12-17(23)22-9-7-19-8-10-22;;/h3-6,11,19H,7-10,12H2,1-2H3;2*1H. The van der Waals surface area contributed by atoms with E-state index in [1.54, 1.807) is 18.0 Å². The molecule has 0 saturated carbocycles. The summed E-state index contributed by atoms with van der Waals surface area (Å²) < 4.78 is 0. The third-order valence-electron chi connectivity index (χ3n) is 4.26. The second-order valence-corrected chi connectivity index (χ2v) is 6.12. The molecule has 1 aromatic heterocycles. The average molecular weight is 399 g/mol. The fourth-order valence-corrected chi connectivity index (χ4v) is 2.98. The van der Waals surface area contributed by atoms with E-state index in [1.807, 2.05) is 31.2 Å². The highest BCUT2D eigenvalue weighted by molar-refractivity contribution is 6.06. The number of carbonyl (C=O) groups excluding carboxylic acids is 2. The van der Waals surface area contributed by atoms with Gasteiger partial charge in [0.05, 0.1) is 17.6 Å². The van der Waals surface area contributed by atoms with Gasteiger partial charge in [-0.3, -0.25) is 14.6 Å². The highest BCUT2D eigenvalue weighted by Gasteiger charge is 2.22. The van der Waals surface area contributed by atoms with E-state index in [0.29, 0.717) is 18.7 Å². The maximum Gasteiger partial charge on any atom is 0.254 e. The van der Waals surface area contributed by atoms with Crippen LogP contribution in [0.3, 0.4) is 0 Å². The summed E-state index contributed by atoms with van der Waals surface area (Å²) in [6.07, 6.45) is 0. The lowest BCUT2D eigenvalue weighted by Gasteiger charge is -2.29. The second-order valence-electron chi connectivity index (χ2n) is 6.12. The van der Waals surface area contributed by atoms with Crippen molar-refractivity contribution in [1.82, 2.24) is 20.1 Å². The number of hydrogen-bond acceptors (Lipinski definition) is 4. The van der Waals surface area contributed by atoms with Crippen LogP contribution in [0.1, 0.15) is 16.1 Å². The number of likely N-dealkylation sites (N-methyl/N-ethyl adjacent to an activating group) is 1. The molecule has 1 saturated heterocycles. The molecule has 8 heteroatoms. The van der Waals surface area contributed by atoms with Crippen LogP contribution >= 0.6 is 24.8 Å². The zero-order chi connectivity index (χ0) is 17.1. The Morgan fingerprint density at radius 2 is 1.85 bits per heavy atom. The van der Waals surface area contributed by atoms with Gasteiger partial charge < -0.3 is 15.1 Å². The number of aryl methyl sites for hydroxylation is 1. The van der Waals surface area contributed by atoms with Crippen LogP contribution in [-0.2, 0) is 4.79 Å². The summed E-state index contributed by atoms with van der Waals surface area (Å²) in [5, 5.41) is 4.03. The number of hydrogen-bond donors (Lipinski definition) is 1. The molecule has 2 aromatic rings. The number of nitrogens with one attached hydrogen (secondary N) is 1. The number of piperazine rings is 1. The Morgan fingerprint density at radius 3 is 2.54 bits per heavy atom. The quantitative estimate of drug-likeness (QED) is 0.856. The van der Waals surface area contributed by atoms with E-state index >= 15 is 0 Å². The Morgan fingerprint density at radius 1 is 1.19 bits per heavy atom. The molecular weight excluding hydrogens is 375 g/mol. The Hall–Kier alpha value is -1.89. The average Bonchev–Trinajstić information content (AvgIpc) is 2.61. The number of amides is 2. The summed E-state index contributed by atoms with van der Waals surface area (Å²) in [4.78, 5) is 33.0. The summed E-state index contributed by atoms with van der Waals surface area (Å²) >= 11 is 0. The molecule has 26 heavy (non-hydrogen) atoms. The molecule has 0 atom stereocenters. The van der Waals surface area contributed by atoms with E-state index in [9.17, 15) is 9.59 Å². The third-order valence-corrected chi connectivity index (χ3v) is 4.26. The summed E-state index contributed by atoms with van der Waals surface area (Å²) in [6.45, 7) is 4.95. The van der Waals surface area contributed by atoms with Gasteiger partial charge in [-0.1, -0.05) is 18.2 Å². The summed E-state index contributed by atoms with van der Waals surface area (Å²) in [5.74, 6) is -0.164. The summed E-state index contributed by atoms with van der Waals surface area (Å²) in [7, 11) is 1.67. The molecule has 1 aromatic carbocycles. The fraction of sp³-hybridized carbons (Fsp3) is 0.389. The minimum absolute atomic E-state index is 0. The Kier molecular flexibility index (Phi) is 8.27. The number of para-hydroxylation sites is 1. The first-order chi connectivity index (χ1) is 11.6. The number of nitrogens with zero attached hydrogens (tertiary/aromatic N) is 3. The van der Waals surface area contributed by atoms with E-state index in [-0.39, 0.29) is 43.2 Å². The molecule has 0 spiro atoms. The van der Waals surface area contributed by atoms with Crippen LogP contribution in [0.5, 0.6) is 0 Å². The highest BCUT2D eigenvalue weighted by Crippen LogP contribution is 2.19. The SMILES string of the molecule is Cc1cc(C(=O)N(C)CC(=O)N2CCNCC2)c2ccccc2n1.Cl.Cl. The smallest absolute Gasteiger partial charge is 0.254 e. The van der Waals surface area contributed by atoms with E-state index < -0.39 is 0 Å². The van der Waals surface area contributed by atoms with E-state index in [2.05, 4.69) is 10.3 Å². The van der Waals surface area contributed by atoms with Gasteiger partial charge in [0.2, 0.25) is 5.91 Å². The van der Waals surface area contributed by atoms with Crippen molar-refractivity contribution in [3.05, 3.63) is 41.6 Å². The van der Waals surface area contributed by atoms with Crippen molar-refractivity contribution in [2.24, 2.45) is 0 Å². The van der Waals surface area contributed by atoms with Crippen molar-refractivity contribution >= 4 is 47.5 Å². The van der Waals surface area contributed by atoms with Crippen LogP contribution in [0.2, 0.25) is 0 Å². The van der Waals surface area contributed by atoms with Gasteiger partial charge in [-0.05, 0) is 19.1 Å². The number of halogens is 2. The van der Waals surface area contributed by atoms with Gasteiger partial charge in [0.25, 0.3) is 5.91 Å². The van der Waals surface area contributed by atoms with E-state index in [0.717, 1.165) is 29.7 Å². The lowest BCUT2D eigenvalue weighted by molar-refractivity contribution is -0.132. The van der Waals surface area contributed by atoms with Crippen molar-refractivity contribution < 1.29 is 9.59 Å². The molecule has 142 valence electrons. The first-order valence-electron chi connectivity index (χ1n) is 8.16. The highest BCUT2D eigenvalue weighted by atomic mass is 35.5. The minimum Gasteiger partial charge on any atom is -0.339 e. The normalized spacial score (nSPS) is 13.5. The predicted octanol–water partition coefficient (Wildman–Crippen LogP) is 1.89. The monoisotopic (exact) mass is 398 g/mol. The fourth-order valence-electron chi connectivity index (χ4n) is 2.98. The van der Waals surface area contributed by atoms with Crippen LogP contribution in [0.15, 0.2) is 30.3 Å². The van der Waals surface area contributed by atoms with Gasteiger partial charge >= 0.3 is 0 Å². The number of fused-ring (bicyclic) bond motifs is 1. The van der Waals surface area contributed by atoms with Crippen LogP contribution in [-0.4, -0.2) is 66.4 Å². The number of carbonyl (C=O) groups is 2. The Bertz CT molecular complexity index is 779. The molecule has 0 bridgehead atoms. The largest absolute Gasteiger partial charge is 0.339 e. The van der Waals surface area contributed by atoms with Crippen LogP contribution < -0.4 is 5.32 Å². The molecule has 1 aliphatic rings. The zero-order valence-corrected chi connectivity index (χ0v) is 16.5. The van der Waals surface area contributed by atoms with Crippen LogP contribution in [0.25, 0.3) is 10.9 Å². The second kappa shape index (κ2) is 9.71. The molecule has 2 heterocycles. The summed E-state index contributed by atoms with van der Waals surface area (Å²) in [5.41, 5.74) is 2.18. The minimum atomic E-state index is -0.153. The van der Waals surface area contributed by atoms with Crippen LogP contribution in [0, 0.1) is 6.92 Å². The van der Waals surface area contributed by atoms with Gasteiger partial charge in [-0.2, -0.15) is 0 Å². The van der Waals surface area contributed by atoms with Crippen molar-refractivity contribution in [1.29, 1.82) is 0 Å². The van der Waals surface area contributed by atoms with Gasteiger partial charge in [0, 0.05) is 44.3 Å². The molecule has 0 unspecified atom stereocenters. The Balaban J connectivity index is 0.00000169. The lowest BCUT2D eigenvalue weighted by atomic mass is 10.1. The third kappa shape index (κ3) is 4.84. The first-order valence-corrected chi connectivity index (χ1v) is 8.16. The molecule has 0 radical (unpaired) electrons. The predicted molar refractivity (Wildman–Crippen MR) is 107 cm³/mol. The van der Waals surface area contributed by atoms with Gasteiger partial charge in [0.1, 0.15) is 0 Å². The molecule has 3 rings (SSSR count). The lowest BCUT2D eigenvalue weighted by Crippen LogP contribution is -2.49. The molecule has 6 nitrogen and oxygen atoms in total. The van der Waals surface area contributed by atoms with Gasteiger partial charge in [-0.15, -0.1) is 24.8 Å². The molecule has 0 aliphatic carbocycles. The Labute approximate surface area is 165 Å². The number of pyridine rings is 1. The van der Waals surface area contributed by atoms with Gasteiger partial charge in [-0.25, -0.2) is 0 Å². The molecular formula is C18H24Cl2N4O2. The zero-order valence-electron chi connectivity index (χ0n) is 14.9. The molecule has 1 N–H and O–H groups in total. The number of benzene rings is 1. The van der Waals surface area contributed by atoms with Crippen molar-refractivity contribution in [3.8, 4) is 0 Å². The maximum absolute atomic E-state index is 12.8. The van der Waals surface area contributed by atoms with Gasteiger partial charge in [0.15, 0.2) is 0 Å². The first kappa shape index (κ1) is 22.2. The maximum atomic E-state index is 12.8. The van der Waals surface area contributed by atoms with E-state index in [4.69, 9.17) is 0 Å².